The van der Waals surface area contributed by atoms with Crippen LogP contribution in [0.1, 0.15) is 189 Å². The van der Waals surface area contributed by atoms with Crippen LogP contribution in [0.5, 0.6) is 0 Å². The van der Waals surface area contributed by atoms with Gasteiger partial charge in [0, 0.05) is 26.2 Å². The maximum absolute atomic E-state index is 12.8. The molecule has 3 aliphatic carbocycles. The van der Waals surface area contributed by atoms with Crippen LogP contribution in [0.15, 0.2) is 47.6 Å². The Labute approximate surface area is 324 Å². The number of hydrogen-bond acceptors (Lipinski definition) is 6. The van der Waals surface area contributed by atoms with E-state index < -0.39 is 17.8 Å². The Morgan fingerprint density at radius 2 is 1.74 bits per heavy atom. The predicted molar refractivity (Wildman–Crippen MR) is 218 cm³/mol. The molecule has 302 valence electrons. The molecule has 53 heavy (non-hydrogen) atoms. The van der Waals surface area contributed by atoms with E-state index in [-0.39, 0.29) is 18.0 Å². The molecule has 0 radical (unpaired) electrons. The third-order valence-corrected chi connectivity index (χ3v) is 12.7. The van der Waals surface area contributed by atoms with E-state index in [2.05, 4.69) is 51.7 Å². The summed E-state index contributed by atoms with van der Waals surface area (Å²) in [5, 5.41) is 20.9. The largest absolute Gasteiger partial charge is 0.462 e. The molecule has 0 aromatic carbocycles. The van der Waals surface area contributed by atoms with Gasteiger partial charge in [-0.2, -0.15) is 0 Å². The summed E-state index contributed by atoms with van der Waals surface area (Å²) in [7, 11) is 0. The third kappa shape index (κ3) is 15.8. The number of carbonyl (C=O) groups is 2. The molecule has 0 unspecified atom stereocenters. The maximum atomic E-state index is 12.8. The Morgan fingerprint density at radius 3 is 2.47 bits per heavy atom. The van der Waals surface area contributed by atoms with Gasteiger partial charge in [0.1, 0.15) is 12.2 Å². The van der Waals surface area contributed by atoms with Gasteiger partial charge in [-0.3, -0.25) is 9.59 Å². The molecule has 0 bridgehead atoms. The van der Waals surface area contributed by atoms with Gasteiger partial charge >= 0.3 is 11.9 Å². The van der Waals surface area contributed by atoms with Crippen LogP contribution in [0.25, 0.3) is 0 Å². The number of hydrogen-bond donors (Lipinski definition) is 2. The van der Waals surface area contributed by atoms with Gasteiger partial charge in [0.25, 0.3) is 0 Å². The van der Waals surface area contributed by atoms with Crippen molar-refractivity contribution in [2.45, 2.75) is 213 Å². The van der Waals surface area contributed by atoms with Gasteiger partial charge in [0.05, 0.1) is 11.7 Å². The molecule has 0 aromatic heterocycles. The highest BCUT2D eigenvalue weighted by Gasteiger charge is 2.50. The number of rotatable bonds is 23. The first-order chi connectivity index (χ1) is 25.2. The van der Waals surface area contributed by atoms with E-state index in [9.17, 15) is 19.8 Å². The number of allylic oxidation sites excluding steroid dienone is 4. The minimum atomic E-state index is -0.586. The van der Waals surface area contributed by atoms with E-state index in [0.717, 1.165) is 88.2 Å². The fourth-order valence-electron chi connectivity index (χ4n) is 9.74. The zero-order chi connectivity index (χ0) is 38.9. The lowest BCUT2D eigenvalue weighted by Crippen LogP contribution is -2.36. The molecular formula is C47H78O6. The highest BCUT2D eigenvalue weighted by molar-refractivity contribution is 5.70. The van der Waals surface area contributed by atoms with Crippen molar-refractivity contribution < 1.29 is 29.3 Å². The van der Waals surface area contributed by atoms with Crippen LogP contribution in [0, 0.1) is 23.2 Å². The zero-order valence-electron chi connectivity index (χ0n) is 34.8. The van der Waals surface area contributed by atoms with Gasteiger partial charge in [-0.05, 0) is 125 Å². The molecule has 3 fully saturated rings. The van der Waals surface area contributed by atoms with Crippen molar-refractivity contribution in [2.24, 2.45) is 23.2 Å². The number of esters is 2. The van der Waals surface area contributed by atoms with Gasteiger partial charge in [0.15, 0.2) is 0 Å². The van der Waals surface area contributed by atoms with Crippen molar-refractivity contribution in [3.05, 3.63) is 47.6 Å². The van der Waals surface area contributed by atoms with Crippen LogP contribution < -0.4 is 0 Å². The fraction of sp³-hybridized carbons (Fsp3) is 0.787. The molecule has 6 heteroatoms. The average molecular weight is 739 g/mol. The summed E-state index contributed by atoms with van der Waals surface area (Å²) < 4.78 is 11.4. The monoisotopic (exact) mass is 739 g/mol. The Balaban J connectivity index is 1.39. The second-order valence-electron chi connectivity index (χ2n) is 17.9. The first-order valence-corrected chi connectivity index (χ1v) is 21.7. The van der Waals surface area contributed by atoms with Crippen LogP contribution in [0.2, 0.25) is 0 Å². The van der Waals surface area contributed by atoms with Gasteiger partial charge in [-0.15, -0.1) is 0 Å². The molecule has 0 spiro atoms. The highest BCUT2D eigenvalue weighted by atomic mass is 16.5. The second kappa shape index (κ2) is 23.0. The van der Waals surface area contributed by atoms with Crippen LogP contribution in [-0.2, 0) is 19.1 Å². The number of aliphatic hydroxyl groups excluding tert-OH is 1. The molecule has 3 rings (SSSR count). The van der Waals surface area contributed by atoms with Crippen LogP contribution >= 0.6 is 0 Å². The lowest BCUT2D eigenvalue weighted by atomic mass is 9.60. The normalized spacial score (nSPS) is 27.7. The smallest absolute Gasteiger partial charge is 0.306 e. The van der Waals surface area contributed by atoms with Crippen LogP contribution in [0.3, 0.4) is 0 Å². The number of ether oxygens (including phenoxy) is 2. The van der Waals surface area contributed by atoms with Crippen LogP contribution in [-0.4, -0.2) is 46.1 Å². The minimum absolute atomic E-state index is 0.00978. The predicted octanol–water partition coefficient (Wildman–Crippen LogP) is 11.8. The van der Waals surface area contributed by atoms with Crippen molar-refractivity contribution >= 4 is 11.9 Å². The first-order valence-electron chi connectivity index (χ1n) is 21.7. The molecule has 0 aromatic rings. The Morgan fingerprint density at radius 1 is 1.00 bits per heavy atom. The summed E-state index contributed by atoms with van der Waals surface area (Å²) in [6, 6.07) is 0. The van der Waals surface area contributed by atoms with Crippen LogP contribution in [0.4, 0.5) is 0 Å². The SMILES string of the molecule is C=C1/C(=C\C=C2/CCC[C@]3(C)[C@@H]([C@H](C)CCCC(C)(C)O)CC[C@@H]23)C[C@@H](O)C[C@@H]1OC(=O)CCCCCCC/C=C\C[C@@H](CCCCCC)OC(C)=O. The standard InChI is InChI=1S/C47H78O6/c1-8-9-10-17-24-41(52-37(4)48)25-18-15-13-11-12-14-16-19-26-45(50)53-44-34-40(49)33-39(36(44)3)28-27-38-23-21-32-47(7)42(29-30-43(38)47)35(2)22-20-31-46(5,6)51/h15,18,27-28,35,40-44,49,51H,3,8-14,16-17,19-26,29-34H2,1-2,4-7H3/b18-15-,38-27+,39-28-/t35-,40-,41-,42-,43+,44+,47-/m1/s1. The fourth-order valence-corrected chi connectivity index (χ4v) is 9.74. The van der Waals surface area contributed by atoms with E-state index >= 15 is 0 Å². The summed E-state index contributed by atoms with van der Waals surface area (Å²) in [4.78, 5) is 24.3. The van der Waals surface area contributed by atoms with Gasteiger partial charge in [-0.25, -0.2) is 0 Å². The summed E-state index contributed by atoms with van der Waals surface area (Å²) >= 11 is 0. The van der Waals surface area contributed by atoms with E-state index in [1.807, 2.05) is 13.8 Å². The Kier molecular flexibility index (Phi) is 19.6. The molecule has 3 aliphatic rings. The average Bonchev–Trinajstić information content (AvgIpc) is 3.44. The Bertz CT molecular complexity index is 1220. The highest BCUT2D eigenvalue weighted by Crippen LogP contribution is 2.60. The summed E-state index contributed by atoms with van der Waals surface area (Å²) in [6.07, 6.45) is 31.1. The first kappa shape index (κ1) is 45.2. The number of aliphatic hydroxyl groups is 2. The summed E-state index contributed by atoms with van der Waals surface area (Å²) in [6.45, 7) is 16.8. The minimum Gasteiger partial charge on any atom is -0.462 e. The molecule has 0 aliphatic heterocycles. The van der Waals surface area contributed by atoms with Crippen molar-refractivity contribution in [1.82, 2.24) is 0 Å². The molecule has 0 amide bonds. The molecule has 7 atom stereocenters. The van der Waals surface area contributed by atoms with E-state index in [0.29, 0.717) is 42.4 Å². The van der Waals surface area contributed by atoms with Gasteiger partial charge in [-0.1, -0.05) is 109 Å². The lowest BCUT2D eigenvalue weighted by Gasteiger charge is -2.44. The molecule has 3 saturated carbocycles. The second-order valence-corrected chi connectivity index (χ2v) is 17.9. The molecule has 2 N–H and O–H groups in total. The topological polar surface area (TPSA) is 93.1 Å². The summed E-state index contributed by atoms with van der Waals surface area (Å²) in [5.41, 5.74) is 3.12. The Hall–Kier alpha value is -2.18. The van der Waals surface area contributed by atoms with E-state index in [1.165, 1.54) is 63.9 Å². The van der Waals surface area contributed by atoms with Gasteiger partial charge in [0.2, 0.25) is 0 Å². The quantitative estimate of drug-likeness (QED) is 0.0616. The number of carbonyl (C=O) groups excluding carboxylic acids is 2. The van der Waals surface area contributed by atoms with Crippen molar-refractivity contribution in [1.29, 1.82) is 0 Å². The maximum Gasteiger partial charge on any atom is 0.306 e. The van der Waals surface area contributed by atoms with Crippen molar-refractivity contribution in [2.75, 3.05) is 0 Å². The lowest BCUT2D eigenvalue weighted by molar-refractivity contribution is -0.149. The van der Waals surface area contributed by atoms with Crippen molar-refractivity contribution in [3.63, 3.8) is 0 Å². The van der Waals surface area contributed by atoms with Crippen molar-refractivity contribution in [3.8, 4) is 0 Å². The number of fused-ring (bicyclic) bond motifs is 1. The molecule has 0 heterocycles. The molecular weight excluding hydrogens is 661 g/mol. The van der Waals surface area contributed by atoms with E-state index in [1.54, 1.807) is 0 Å². The third-order valence-electron chi connectivity index (χ3n) is 12.7. The molecule has 0 saturated heterocycles. The zero-order valence-corrected chi connectivity index (χ0v) is 34.8. The van der Waals surface area contributed by atoms with Gasteiger partial charge < -0.3 is 19.7 Å². The summed E-state index contributed by atoms with van der Waals surface area (Å²) in [5.74, 6) is 1.58. The molecule has 6 nitrogen and oxygen atoms in total. The van der Waals surface area contributed by atoms with E-state index in [4.69, 9.17) is 9.47 Å². The number of unbranched alkanes of at least 4 members (excludes halogenated alkanes) is 8.